The van der Waals surface area contributed by atoms with Crippen molar-refractivity contribution >= 4 is 28.5 Å². The number of benzene rings is 2. The Kier molecular flexibility index (Phi) is 7.09. The third-order valence-electron chi connectivity index (χ3n) is 4.30. The Bertz CT molecular complexity index is 1090. The smallest absolute Gasteiger partial charge is 0.250 e. The van der Waals surface area contributed by atoms with Crippen molar-refractivity contribution in [1.82, 2.24) is 4.98 Å². The average molecular weight is 444 g/mol. The zero-order valence-electron chi connectivity index (χ0n) is 17.4. The van der Waals surface area contributed by atoms with Crippen LogP contribution in [-0.4, -0.2) is 39.3 Å². The minimum Gasteiger partial charge on any atom is -0.494 e. The van der Waals surface area contributed by atoms with Crippen LogP contribution in [0.25, 0.3) is 17.3 Å². The number of hydrogen-bond donors (Lipinski definition) is 1. The van der Waals surface area contributed by atoms with Gasteiger partial charge in [-0.3, -0.25) is 10.1 Å². The minimum absolute atomic E-state index is 0.157. The molecule has 0 aliphatic rings. The van der Waals surface area contributed by atoms with Crippen LogP contribution in [0.3, 0.4) is 0 Å². The van der Waals surface area contributed by atoms with Gasteiger partial charge in [0.15, 0.2) is 28.2 Å². The van der Waals surface area contributed by atoms with Crippen LogP contribution in [-0.2, 0) is 4.79 Å². The van der Waals surface area contributed by atoms with Gasteiger partial charge in [-0.15, -0.1) is 11.3 Å². The SMILES string of the molecule is COc1ccc(-c2csc(NC(=O)C=Cc3cc(OC)c(OC)c(OC)c3)n2)cc1F. The van der Waals surface area contributed by atoms with E-state index in [0.717, 1.165) is 0 Å². The maximum atomic E-state index is 13.9. The number of nitrogens with zero attached hydrogens (tertiary/aromatic N) is 1. The van der Waals surface area contributed by atoms with E-state index in [4.69, 9.17) is 18.9 Å². The van der Waals surface area contributed by atoms with E-state index >= 15 is 0 Å². The summed E-state index contributed by atoms with van der Waals surface area (Å²) in [6, 6.07) is 8.02. The number of rotatable bonds is 8. The summed E-state index contributed by atoms with van der Waals surface area (Å²) in [5.74, 6) is 0.750. The first-order valence-corrected chi connectivity index (χ1v) is 9.95. The molecule has 0 aliphatic heterocycles. The molecule has 0 fully saturated rings. The summed E-state index contributed by atoms with van der Waals surface area (Å²) < 4.78 is 34.7. The Morgan fingerprint density at radius 1 is 1.00 bits per heavy atom. The highest BCUT2D eigenvalue weighted by Crippen LogP contribution is 2.38. The number of ether oxygens (including phenoxy) is 4. The molecule has 0 radical (unpaired) electrons. The third kappa shape index (κ3) is 5.13. The van der Waals surface area contributed by atoms with Gasteiger partial charge in [0.05, 0.1) is 34.1 Å². The summed E-state index contributed by atoms with van der Waals surface area (Å²) in [6.45, 7) is 0. The molecule has 1 heterocycles. The molecule has 0 unspecified atom stereocenters. The first kappa shape index (κ1) is 22.1. The van der Waals surface area contributed by atoms with Crippen LogP contribution in [0.2, 0.25) is 0 Å². The zero-order chi connectivity index (χ0) is 22.4. The Balaban J connectivity index is 1.72. The third-order valence-corrected chi connectivity index (χ3v) is 5.05. The number of thiazole rings is 1. The number of carbonyl (C=O) groups is 1. The predicted octanol–water partition coefficient (Wildman–Crippen LogP) is 4.64. The number of nitrogens with one attached hydrogen (secondary N) is 1. The highest BCUT2D eigenvalue weighted by molar-refractivity contribution is 7.14. The van der Waals surface area contributed by atoms with Crippen LogP contribution in [0.15, 0.2) is 41.8 Å². The molecular weight excluding hydrogens is 423 g/mol. The summed E-state index contributed by atoms with van der Waals surface area (Å²) in [5.41, 5.74) is 1.83. The normalized spacial score (nSPS) is 10.7. The average Bonchev–Trinajstić information content (AvgIpc) is 3.25. The Labute approximate surface area is 183 Å². The second-order valence-corrected chi connectivity index (χ2v) is 7.03. The molecule has 0 atom stereocenters. The molecule has 1 amide bonds. The van der Waals surface area contributed by atoms with E-state index < -0.39 is 5.82 Å². The second-order valence-electron chi connectivity index (χ2n) is 6.17. The topological polar surface area (TPSA) is 78.9 Å². The minimum atomic E-state index is -0.480. The molecule has 0 spiro atoms. The Morgan fingerprint density at radius 2 is 1.68 bits per heavy atom. The van der Waals surface area contributed by atoms with Crippen molar-refractivity contribution in [2.45, 2.75) is 0 Å². The van der Waals surface area contributed by atoms with E-state index in [-0.39, 0.29) is 11.7 Å². The number of halogens is 1. The highest BCUT2D eigenvalue weighted by Gasteiger charge is 2.13. The van der Waals surface area contributed by atoms with Crippen LogP contribution in [0.1, 0.15) is 5.56 Å². The standard InChI is InChI=1S/C22H21FN2O5S/c1-27-17-7-6-14(11-15(17)23)16-12-31-22(24-16)25-20(26)8-5-13-9-18(28-2)21(30-4)19(10-13)29-3/h5-12H,1-4H3,(H,24,25,26). The highest BCUT2D eigenvalue weighted by atomic mass is 32.1. The van der Waals surface area contributed by atoms with Crippen LogP contribution in [0, 0.1) is 5.82 Å². The van der Waals surface area contributed by atoms with Crippen LogP contribution in [0.4, 0.5) is 9.52 Å². The van der Waals surface area contributed by atoms with Crippen molar-refractivity contribution in [1.29, 1.82) is 0 Å². The molecule has 1 aromatic heterocycles. The summed E-state index contributed by atoms with van der Waals surface area (Å²) in [5, 5.41) is 4.83. The van der Waals surface area contributed by atoms with Crippen LogP contribution >= 0.6 is 11.3 Å². The molecule has 31 heavy (non-hydrogen) atoms. The molecule has 0 saturated carbocycles. The lowest BCUT2D eigenvalue weighted by molar-refractivity contribution is -0.111. The lowest BCUT2D eigenvalue weighted by Gasteiger charge is -2.12. The summed E-state index contributed by atoms with van der Waals surface area (Å²) >= 11 is 1.24. The van der Waals surface area contributed by atoms with E-state index in [1.807, 2.05) is 0 Å². The molecule has 162 valence electrons. The maximum absolute atomic E-state index is 13.9. The van der Waals surface area contributed by atoms with Gasteiger partial charge in [-0.2, -0.15) is 0 Å². The van der Waals surface area contributed by atoms with Gasteiger partial charge in [0.2, 0.25) is 11.7 Å². The van der Waals surface area contributed by atoms with E-state index in [1.165, 1.54) is 58.0 Å². The van der Waals surface area contributed by atoms with Gasteiger partial charge < -0.3 is 18.9 Å². The first-order chi connectivity index (χ1) is 15.0. The van der Waals surface area contributed by atoms with E-state index in [1.54, 1.807) is 29.7 Å². The molecule has 0 bridgehead atoms. The molecule has 7 nitrogen and oxygen atoms in total. The van der Waals surface area contributed by atoms with Gasteiger partial charge in [-0.05, 0) is 42.0 Å². The molecular formula is C22H21FN2O5S. The predicted molar refractivity (Wildman–Crippen MR) is 118 cm³/mol. The maximum Gasteiger partial charge on any atom is 0.250 e. The lowest BCUT2D eigenvalue weighted by Crippen LogP contribution is -2.07. The van der Waals surface area contributed by atoms with Gasteiger partial charge in [0.25, 0.3) is 0 Å². The fourth-order valence-corrected chi connectivity index (χ4v) is 3.53. The van der Waals surface area contributed by atoms with Crippen molar-refractivity contribution < 1.29 is 28.1 Å². The van der Waals surface area contributed by atoms with Crippen molar-refractivity contribution in [2.75, 3.05) is 33.8 Å². The van der Waals surface area contributed by atoms with Gasteiger partial charge in [-0.25, -0.2) is 9.37 Å². The van der Waals surface area contributed by atoms with Gasteiger partial charge >= 0.3 is 0 Å². The monoisotopic (exact) mass is 444 g/mol. The van der Waals surface area contributed by atoms with Crippen molar-refractivity contribution in [2.24, 2.45) is 0 Å². The van der Waals surface area contributed by atoms with Crippen molar-refractivity contribution in [3.05, 3.63) is 53.2 Å². The fourth-order valence-electron chi connectivity index (χ4n) is 2.81. The Morgan fingerprint density at radius 3 is 2.26 bits per heavy atom. The van der Waals surface area contributed by atoms with E-state index in [2.05, 4.69) is 10.3 Å². The number of carbonyl (C=O) groups excluding carboxylic acids is 1. The lowest BCUT2D eigenvalue weighted by atomic mass is 10.1. The molecule has 2 aromatic carbocycles. The van der Waals surface area contributed by atoms with Crippen molar-refractivity contribution in [3.63, 3.8) is 0 Å². The van der Waals surface area contributed by atoms with E-state index in [0.29, 0.717) is 39.2 Å². The van der Waals surface area contributed by atoms with Crippen LogP contribution < -0.4 is 24.3 Å². The van der Waals surface area contributed by atoms with Gasteiger partial charge in [-0.1, -0.05) is 0 Å². The number of aromatic nitrogens is 1. The molecule has 0 saturated heterocycles. The summed E-state index contributed by atoms with van der Waals surface area (Å²) in [6.07, 6.45) is 2.99. The summed E-state index contributed by atoms with van der Waals surface area (Å²) in [7, 11) is 5.96. The molecule has 3 rings (SSSR count). The largest absolute Gasteiger partial charge is 0.494 e. The molecule has 0 aliphatic carbocycles. The molecule has 9 heteroatoms. The molecule has 3 aromatic rings. The van der Waals surface area contributed by atoms with Crippen molar-refractivity contribution in [3.8, 4) is 34.3 Å². The van der Waals surface area contributed by atoms with E-state index in [9.17, 15) is 9.18 Å². The van der Waals surface area contributed by atoms with Gasteiger partial charge in [0, 0.05) is 17.0 Å². The zero-order valence-corrected chi connectivity index (χ0v) is 18.2. The Hall–Kier alpha value is -3.59. The quantitative estimate of drug-likeness (QED) is 0.510. The number of hydrogen-bond acceptors (Lipinski definition) is 7. The first-order valence-electron chi connectivity index (χ1n) is 9.07. The second kappa shape index (κ2) is 9.94. The number of anilines is 1. The molecule has 1 N–H and O–H groups in total. The fraction of sp³-hybridized carbons (Fsp3) is 0.182. The van der Waals surface area contributed by atoms with Crippen LogP contribution in [0.5, 0.6) is 23.0 Å². The summed E-state index contributed by atoms with van der Waals surface area (Å²) in [4.78, 5) is 16.6. The number of methoxy groups -OCH3 is 4. The van der Waals surface area contributed by atoms with Gasteiger partial charge in [0.1, 0.15) is 0 Å². The number of amides is 1.